The van der Waals surface area contributed by atoms with Crippen molar-refractivity contribution in [3.63, 3.8) is 0 Å². The van der Waals surface area contributed by atoms with Crippen LogP contribution in [0.5, 0.6) is 0 Å². The number of hydrogen-bond acceptors (Lipinski definition) is 3. The van der Waals surface area contributed by atoms with Gasteiger partial charge in [-0.05, 0) is 0 Å². The number of ether oxygens (including phenoxy) is 3. The van der Waals surface area contributed by atoms with Crippen molar-refractivity contribution >= 4 is 0 Å². The maximum atomic E-state index is 14.0. The Balaban J connectivity index is 3.21. The van der Waals surface area contributed by atoms with Gasteiger partial charge < -0.3 is 14.2 Å². The largest absolute Gasteiger partial charge is 0.411 e. The summed E-state index contributed by atoms with van der Waals surface area (Å²) in [5.74, 6) is -16.0. The zero-order valence-corrected chi connectivity index (χ0v) is 12.5. The maximum Gasteiger partial charge on any atom is 0.411 e. The predicted molar refractivity (Wildman–Crippen MR) is 57.1 cm³/mol. The Morgan fingerprint density at radius 2 is 1.04 bits per heavy atom. The fraction of sp³-hybridized carbons (Fsp3) is 1.00. The topological polar surface area (TPSA) is 27.7 Å². The summed E-state index contributed by atoms with van der Waals surface area (Å²) in [7, 11) is 0. The molecule has 0 amide bonds. The zero-order chi connectivity index (χ0) is 21.5. The van der Waals surface area contributed by atoms with Crippen molar-refractivity contribution in [2.45, 2.75) is 48.7 Å². The minimum atomic E-state index is -5.88. The van der Waals surface area contributed by atoms with Gasteiger partial charge in [0.05, 0.1) is 0 Å². The molecule has 0 N–H and O–H groups in total. The van der Waals surface area contributed by atoms with Crippen molar-refractivity contribution in [1.82, 2.24) is 0 Å². The molecule has 0 radical (unpaired) electrons. The molecule has 1 atom stereocenters. The molecule has 1 aliphatic carbocycles. The molecule has 0 saturated heterocycles. The molecule has 1 rings (SSSR count). The summed E-state index contributed by atoms with van der Waals surface area (Å²) in [6.45, 7) is -7.98. The third kappa shape index (κ3) is 5.73. The third-order valence-electron chi connectivity index (χ3n) is 3.14. The molecule has 0 heterocycles. The smallest absolute Gasteiger partial charge is 0.362 e. The SMILES string of the molecule is FC(F)(F)COC1CC(OCC(F)(F)F)(OCC(F)(F)F)C(F)(F)C1(F)F. The van der Waals surface area contributed by atoms with Gasteiger partial charge in [0.2, 0.25) is 5.79 Å². The van der Waals surface area contributed by atoms with Gasteiger partial charge >= 0.3 is 30.4 Å². The average Bonchev–Trinajstić information content (AvgIpc) is 2.56. The lowest BCUT2D eigenvalue weighted by Gasteiger charge is -2.36. The summed E-state index contributed by atoms with van der Waals surface area (Å²) in [6, 6.07) is 0. The maximum absolute atomic E-state index is 14.0. The van der Waals surface area contributed by atoms with Crippen molar-refractivity contribution < 1.29 is 71.3 Å². The molecule has 0 aliphatic heterocycles. The number of alkyl halides is 13. The zero-order valence-electron chi connectivity index (χ0n) is 12.5. The lowest BCUT2D eigenvalue weighted by molar-refractivity contribution is -0.388. The Hall–Kier alpha value is -1.03. The lowest BCUT2D eigenvalue weighted by Crippen LogP contribution is -2.57. The van der Waals surface area contributed by atoms with Crippen LogP contribution in [0.2, 0.25) is 0 Å². The van der Waals surface area contributed by atoms with Gasteiger partial charge in [0.15, 0.2) is 0 Å². The van der Waals surface area contributed by atoms with Gasteiger partial charge in [0, 0.05) is 6.42 Å². The molecule has 1 saturated carbocycles. The first kappa shape index (κ1) is 24.0. The fourth-order valence-electron chi connectivity index (χ4n) is 2.05. The van der Waals surface area contributed by atoms with Gasteiger partial charge in [-0.2, -0.15) is 57.1 Å². The Morgan fingerprint density at radius 1 is 0.667 bits per heavy atom. The van der Waals surface area contributed by atoms with Gasteiger partial charge in [-0.15, -0.1) is 0 Å². The quantitative estimate of drug-likeness (QED) is 0.455. The van der Waals surface area contributed by atoms with E-state index in [1.54, 1.807) is 0 Å². The molecule has 16 heteroatoms. The molecular formula is C11H9F13O3. The van der Waals surface area contributed by atoms with Crippen molar-refractivity contribution in [1.29, 1.82) is 0 Å². The summed E-state index contributed by atoms with van der Waals surface area (Å²) >= 11 is 0. The second-order valence-electron chi connectivity index (χ2n) is 5.38. The first-order valence-corrected chi connectivity index (χ1v) is 6.58. The van der Waals surface area contributed by atoms with Gasteiger partial charge in [-0.25, -0.2) is 0 Å². The van der Waals surface area contributed by atoms with Crippen LogP contribution in [0.25, 0.3) is 0 Å². The van der Waals surface area contributed by atoms with Crippen molar-refractivity contribution in [2.75, 3.05) is 19.8 Å². The van der Waals surface area contributed by atoms with Crippen LogP contribution in [0.4, 0.5) is 57.1 Å². The molecule has 27 heavy (non-hydrogen) atoms. The van der Waals surface area contributed by atoms with E-state index in [0.717, 1.165) is 0 Å². The molecule has 0 aromatic heterocycles. The second-order valence-corrected chi connectivity index (χ2v) is 5.38. The van der Waals surface area contributed by atoms with Crippen LogP contribution in [0.15, 0.2) is 0 Å². The molecule has 162 valence electrons. The summed E-state index contributed by atoms with van der Waals surface area (Å²) in [5, 5.41) is 0. The average molecular weight is 436 g/mol. The van der Waals surface area contributed by atoms with Crippen LogP contribution >= 0.6 is 0 Å². The molecule has 0 spiro atoms. The highest BCUT2D eigenvalue weighted by Crippen LogP contribution is 2.57. The molecule has 1 fully saturated rings. The Kier molecular flexibility index (Phi) is 6.31. The van der Waals surface area contributed by atoms with Crippen LogP contribution < -0.4 is 0 Å². The van der Waals surface area contributed by atoms with Crippen LogP contribution in [0.3, 0.4) is 0 Å². The summed E-state index contributed by atoms with van der Waals surface area (Å²) in [4.78, 5) is 0. The summed E-state index contributed by atoms with van der Waals surface area (Å²) < 4.78 is 175. The number of halogens is 13. The monoisotopic (exact) mass is 436 g/mol. The molecule has 0 aromatic carbocycles. The van der Waals surface area contributed by atoms with Crippen LogP contribution in [0, 0.1) is 0 Å². The van der Waals surface area contributed by atoms with E-state index in [-0.39, 0.29) is 0 Å². The van der Waals surface area contributed by atoms with E-state index in [1.165, 1.54) is 0 Å². The van der Waals surface area contributed by atoms with E-state index in [4.69, 9.17) is 0 Å². The molecule has 1 unspecified atom stereocenters. The second kappa shape index (κ2) is 7.09. The van der Waals surface area contributed by atoms with Crippen molar-refractivity contribution in [2.24, 2.45) is 0 Å². The van der Waals surface area contributed by atoms with Gasteiger partial charge in [0.1, 0.15) is 25.9 Å². The lowest BCUT2D eigenvalue weighted by atomic mass is 10.1. The normalized spacial score (nSPS) is 25.0. The minimum absolute atomic E-state index is 2.23. The van der Waals surface area contributed by atoms with Crippen LogP contribution in [0.1, 0.15) is 6.42 Å². The van der Waals surface area contributed by atoms with Crippen LogP contribution in [-0.2, 0) is 14.2 Å². The highest BCUT2D eigenvalue weighted by molar-refractivity contribution is 5.11. The summed E-state index contributed by atoms with van der Waals surface area (Å²) in [6.07, 6.45) is -21.9. The van der Waals surface area contributed by atoms with E-state index in [0.29, 0.717) is 0 Å². The van der Waals surface area contributed by atoms with Crippen molar-refractivity contribution in [3.8, 4) is 0 Å². The Labute approximate surface area is 141 Å². The standard InChI is InChI=1S/C11H9F13O3/c12-7(13,14)2-25-5-1-6(26-3-8(15,16)17,27-4-9(18,19)20)11(23,24)10(5,21)22/h5H,1-4H2. The Morgan fingerprint density at radius 3 is 1.37 bits per heavy atom. The van der Waals surface area contributed by atoms with Gasteiger partial charge in [-0.3, -0.25) is 0 Å². The number of hydrogen-bond donors (Lipinski definition) is 0. The summed E-state index contributed by atoms with van der Waals surface area (Å²) in [5.41, 5.74) is 0. The van der Waals surface area contributed by atoms with Crippen molar-refractivity contribution in [3.05, 3.63) is 0 Å². The molecule has 0 bridgehead atoms. The predicted octanol–water partition coefficient (Wildman–Crippen LogP) is 4.46. The molecular weight excluding hydrogens is 427 g/mol. The van der Waals surface area contributed by atoms with E-state index < -0.39 is 68.5 Å². The van der Waals surface area contributed by atoms with E-state index in [9.17, 15) is 57.1 Å². The highest BCUT2D eigenvalue weighted by atomic mass is 19.4. The van der Waals surface area contributed by atoms with E-state index in [2.05, 4.69) is 14.2 Å². The van der Waals surface area contributed by atoms with Gasteiger partial charge in [0.25, 0.3) is 0 Å². The van der Waals surface area contributed by atoms with Gasteiger partial charge in [-0.1, -0.05) is 0 Å². The highest BCUT2D eigenvalue weighted by Gasteiger charge is 2.81. The number of rotatable bonds is 6. The fourth-order valence-corrected chi connectivity index (χ4v) is 2.05. The minimum Gasteiger partial charge on any atom is -0.362 e. The van der Waals surface area contributed by atoms with Crippen LogP contribution in [-0.4, -0.2) is 62.1 Å². The third-order valence-corrected chi connectivity index (χ3v) is 3.14. The Bertz CT molecular complexity index is 489. The first-order valence-electron chi connectivity index (χ1n) is 6.58. The first-order chi connectivity index (χ1) is 11.7. The molecule has 3 nitrogen and oxygen atoms in total. The molecule has 0 aromatic rings. The van der Waals surface area contributed by atoms with E-state index >= 15 is 0 Å². The van der Waals surface area contributed by atoms with E-state index in [1.807, 2.05) is 0 Å². The molecule has 1 aliphatic rings.